The lowest BCUT2D eigenvalue weighted by Crippen LogP contribution is -2.17. The van der Waals surface area contributed by atoms with Crippen LogP contribution in [0.4, 0.5) is 4.39 Å². The second-order valence-electron chi connectivity index (χ2n) is 4.75. The summed E-state index contributed by atoms with van der Waals surface area (Å²) in [6, 6.07) is 5.19. The zero-order chi connectivity index (χ0) is 13.4. The maximum atomic E-state index is 13.2. The molecular weight excluding hydrogens is 297 g/mol. The minimum Gasteiger partial charge on any atom is -0.381 e. The molecule has 0 aromatic heterocycles. The third-order valence-corrected chi connectivity index (χ3v) is 3.05. The summed E-state index contributed by atoms with van der Waals surface area (Å²) in [7, 11) is 0. The van der Waals surface area contributed by atoms with Crippen LogP contribution in [0.15, 0.2) is 22.7 Å². The van der Waals surface area contributed by atoms with Crippen LogP contribution in [0.3, 0.4) is 0 Å². The van der Waals surface area contributed by atoms with E-state index in [1.807, 2.05) is 6.07 Å². The van der Waals surface area contributed by atoms with E-state index in [2.05, 4.69) is 35.1 Å². The molecule has 0 aliphatic carbocycles. The van der Waals surface area contributed by atoms with Gasteiger partial charge in [0.05, 0.1) is 4.47 Å². The Balaban J connectivity index is 2.09. The van der Waals surface area contributed by atoms with Crippen molar-refractivity contribution in [2.24, 2.45) is 5.92 Å². The first kappa shape index (κ1) is 15.6. The van der Waals surface area contributed by atoms with Gasteiger partial charge in [-0.25, -0.2) is 4.39 Å². The van der Waals surface area contributed by atoms with Crippen molar-refractivity contribution in [2.75, 3.05) is 19.8 Å². The molecule has 1 N–H and O–H groups in total. The van der Waals surface area contributed by atoms with E-state index in [9.17, 15) is 4.39 Å². The van der Waals surface area contributed by atoms with Gasteiger partial charge in [0, 0.05) is 19.8 Å². The van der Waals surface area contributed by atoms with E-state index in [0.717, 1.165) is 31.7 Å². The molecule has 0 heterocycles. The molecule has 0 amide bonds. The second kappa shape index (κ2) is 8.62. The standard InChI is InChI=1S/C14H21BrFNO/c1-11(2)10-18-7-3-6-17-9-12-4-5-13(15)14(16)8-12/h4-5,8,11,17H,3,6-7,9-10H2,1-2H3. The lowest BCUT2D eigenvalue weighted by Gasteiger charge is -2.08. The minimum absolute atomic E-state index is 0.213. The predicted octanol–water partition coefficient (Wildman–Crippen LogP) is 3.74. The smallest absolute Gasteiger partial charge is 0.137 e. The molecule has 18 heavy (non-hydrogen) atoms. The Morgan fingerprint density at radius 2 is 2.17 bits per heavy atom. The number of hydrogen-bond acceptors (Lipinski definition) is 2. The van der Waals surface area contributed by atoms with E-state index in [0.29, 0.717) is 16.9 Å². The molecule has 0 unspecified atom stereocenters. The fourth-order valence-corrected chi connectivity index (χ4v) is 1.75. The molecule has 1 rings (SSSR count). The van der Waals surface area contributed by atoms with Crippen LogP contribution in [0.1, 0.15) is 25.8 Å². The summed E-state index contributed by atoms with van der Waals surface area (Å²) in [5.41, 5.74) is 0.957. The normalized spacial score (nSPS) is 11.2. The zero-order valence-electron chi connectivity index (χ0n) is 11.0. The van der Waals surface area contributed by atoms with Gasteiger partial charge in [-0.1, -0.05) is 19.9 Å². The van der Waals surface area contributed by atoms with Crippen LogP contribution >= 0.6 is 15.9 Å². The molecule has 0 atom stereocenters. The Labute approximate surface area is 117 Å². The molecule has 0 spiro atoms. The molecule has 1 aromatic carbocycles. The maximum absolute atomic E-state index is 13.2. The quantitative estimate of drug-likeness (QED) is 0.737. The first-order valence-electron chi connectivity index (χ1n) is 6.32. The van der Waals surface area contributed by atoms with Gasteiger partial charge in [0.1, 0.15) is 5.82 Å². The molecule has 0 fully saturated rings. The summed E-state index contributed by atoms with van der Waals surface area (Å²) >= 11 is 3.14. The molecule has 2 nitrogen and oxygen atoms in total. The zero-order valence-corrected chi connectivity index (χ0v) is 12.6. The van der Waals surface area contributed by atoms with Gasteiger partial charge in [0.2, 0.25) is 0 Å². The van der Waals surface area contributed by atoms with Crippen LogP contribution in [0.25, 0.3) is 0 Å². The molecule has 1 aromatic rings. The molecule has 0 bridgehead atoms. The summed E-state index contributed by atoms with van der Waals surface area (Å²) in [6.45, 7) is 7.45. The van der Waals surface area contributed by atoms with Gasteiger partial charge in [-0.2, -0.15) is 0 Å². The molecule has 102 valence electrons. The molecular formula is C14H21BrFNO. The van der Waals surface area contributed by atoms with Crippen molar-refractivity contribution in [1.82, 2.24) is 5.32 Å². The van der Waals surface area contributed by atoms with Gasteiger partial charge in [-0.15, -0.1) is 0 Å². The Morgan fingerprint density at radius 1 is 1.39 bits per heavy atom. The van der Waals surface area contributed by atoms with Gasteiger partial charge in [-0.05, 0) is 52.5 Å². The van der Waals surface area contributed by atoms with Crippen molar-refractivity contribution in [3.8, 4) is 0 Å². The molecule has 4 heteroatoms. The number of benzene rings is 1. The molecule has 0 aliphatic rings. The van der Waals surface area contributed by atoms with E-state index < -0.39 is 0 Å². The first-order valence-corrected chi connectivity index (χ1v) is 7.11. The first-order chi connectivity index (χ1) is 8.59. The second-order valence-corrected chi connectivity index (χ2v) is 5.60. The van der Waals surface area contributed by atoms with Crippen LogP contribution in [-0.2, 0) is 11.3 Å². The van der Waals surface area contributed by atoms with Gasteiger partial charge >= 0.3 is 0 Å². The third kappa shape index (κ3) is 6.47. The Hall–Kier alpha value is -0.450. The number of hydrogen-bond donors (Lipinski definition) is 1. The highest BCUT2D eigenvalue weighted by Crippen LogP contribution is 2.16. The highest BCUT2D eigenvalue weighted by molar-refractivity contribution is 9.10. The highest BCUT2D eigenvalue weighted by atomic mass is 79.9. The SMILES string of the molecule is CC(C)COCCCNCc1ccc(Br)c(F)c1. The summed E-state index contributed by atoms with van der Waals surface area (Å²) in [5, 5.41) is 3.27. The summed E-state index contributed by atoms with van der Waals surface area (Å²) in [4.78, 5) is 0. The van der Waals surface area contributed by atoms with Crippen molar-refractivity contribution in [1.29, 1.82) is 0 Å². The molecule has 0 aliphatic heterocycles. The fourth-order valence-electron chi connectivity index (χ4n) is 1.50. The van der Waals surface area contributed by atoms with Crippen molar-refractivity contribution < 1.29 is 9.13 Å². The largest absolute Gasteiger partial charge is 0.381 e. The Kier molecular flexibility index (Phi) is 7.47. The summed E-state index contributed by atoms with van der Waals surface area (Å²) in [6.07, 6.45) is 0.978. The topological polar surface area (TPSA) is 21.3 Å². The minimum atomic E-state index is -0.213. The third-order valence-electron chi connectivity index (χ3n) is 2.41. The van der Waals surface area contributed by atoms with E-state index >= 15 is 0 Å². The number of nitrogens with one attached hydrogen (secondary N) is 1. The lowest BCUT2D eigenvalue weighted by molar-refractivity contribution is 0.108. The van der Waals surface area contributed by atoms with Gasteiger partial charge in [0.15, 0.2) is 0 Å². The highest BCUT2D eigenvalue weighted by Gasteiger charge is 2.00. The Morgan fingerprint density at radius 3 is 2.83 bits per heavy atom. The van der Waals surface area contributed by atoms with Crippen LogP contribution in [0, 0.1) is 11.7 Å². The van der Waals surface area contributed by atoms with E-state index in [1.165, 1.54) is 0 Å². The summed E-state index contributed by atoms with van der Waals surface area (Å²) in [5.74, 6) is 0.373. The van der Waals surface area contributed by atoms with Crippen LogP contribution < -0.4 is 5.32 Å². The van der Waals surface area contributed by atoms with E-state index in [4.69, 9.17) is 4.74 Å². The van der Waals surface area contributed by atoms with Crippen molar-refractivity contribution in [3.63, 3.8) is 0 Å². The number of halogens is 2. The van der Waals surface area contributed by atoms with Crippen LogP contribution in [-0.4, -0.2) is 19.8 Å². The van der Waals surface area contributed by atoms with Crippen LogP contribution in [0.5, 0.6) is 0 Å². The lowest BCUT2D eigenvalue weighted by atomic mass is 10.2. The monoisotopic (exact) mass is 317 g/mol. The average Bonchev–Trinajstić information content (AvgIpc) is 2.32. The number of ether oxygens (including phenoxy) is 1. The predicted molar refractivity (Wildman–Crippen MR) is 76.1 cm³/mol. The molecule has 0 radical (unpaired) electrons. The summed E-state index contributed by atoms with van der Waals surface area (Å²) < 4.78 is 19.2. The van der Waals surface area contributed by atoms with Crippen molar-refractivity contribution in [3.05, 3.63) is 34.1 Å². The van der Waals surface area contributed by atoms with Gasteiger partial charge < -0.3 is 10.1 Å². The van der Waals surface area contributed by atoms with E-state index in [1.54, 1.807) is 12.1 Å². The van der Waals surface area contributed by atoms with Crippen molar-refractivity contribution in [2.45, 2.75) is 26.8 Å². The van der Waals surface area contributed by atoms with Gasteiger partial charge in [-0.3, -0.25) is 0 Å². The fraction of sp³-hybridized carbons (Fsp3) is 0.571. The Bertz CT molecular complexity index is 358. The van der Waals surface area contributed by atoms with Gasteiger partial charge in [0.25, 0.3) is 0 Å². The molecule has 0 saturated heterocycles. The average molecular weight is 318 g/mol. The molecule has 0 saturated carbocycles. The van der Waals surface area contributed by atoms with Crippen molar-refractivity contribution >= 4 is 15.9 Å². The maximum Gasteiger partial charge on any atom is 0.137 e. The van der Waals surface area contributed by atoms with Crippen LogP contribution in [0.2, 0.25) is 0 Å². The number of rotatable bonds is 8. The van der Waals surface area contributed by atoms with E-state index in [-0.39, 0.29) is 5.82 Å².